The van der Waals surface area contributed by atoms with E-state index < -0.39 is 11.4 Å². The van der Waals surface area contributed by atoms with Crippen LogP contribution in [0.1, 0.15) is 73.3 Å². The van der Waals surface area contributed by atoms with Crippen LogP contribution in [0.2, 0.25) is 0 Å². The highest BCUT2D eigenvalue weighted by Gasteiger charge is 2.33. The number of anilines is 1. The maximum absolute atomic E-state index is 13.6. The molecular formula is C37H44FN5O2. The van der Waals surface area contributed by atoms with E-state index in [1.165, 1.54) is 25.0 Å². The summed E-state index contributed by atoms with van der Waals surface area (Å²) in [5.41, 5.74) is 22.4. The van der Waals surface area contributed by atoms with Gasteiger partial charge >= 0.3 is 0 Å². The highest BCUT2D eigenvalue weighted by atomic mass is 19.1. The number of allylic oxidation sites excluding steroid dienone is 1. The van der Waals surface area contributed by atoms with Crippen LogP contribution in [-0.4, -0.2) is 18.7 Å². The first kappa shape index (κ1) is 34.9. The van der Waals surface area contributed by atoms with Crippen molar-refractivity contribution in [2.24, 2.45) is 23.1 Å². The third kappa shape index (κ3) is 9.45. The lowest BCUT2D eigenvalue weighted by Gasteiger charge is -2.31. The number of primary amides is 1. The molecule has 7 nitrogen and oxygen atoms in total. The van der Waals surface area contributed by atoms with Crippen molar-refractivity contribution in [3.05, 3.63) is 124 Å². The van der Waals surface area contributed by atoms with Gasteiger partial charge in [-0.3, -0.25) is 9.59 Å². The number of hydrogen-bond acceptors (Lipinski definition) is 6. The monoisotopic (exact) mass is 609 g/mol. The van der Waals surface area contributed by atoms with Crippen LogP contribution < -0.4 is 22.1 Å². The Morgan fingerprint density at radius 1 is 1.11 bits per heavy atom. The summed E-state index contributed by atoms with van der Waals surface area (Å²) in [6, 6.07) is 22.3. The van der Waals surface area contributed by atoms with Crippen LogP contribution in [0.5, 0.6) is 0 Å². The molecule has 1 saturated carbocycles. The smallest absolute Gasteiger partial charge is 0.248 e. The van der Waals surface area contributed by atoms with Gasteiger partial charge in [0.15, 0.2) is 5.78 Å². The first-order valence-corrected chi connectivity index (χ1v) is 15.3. The summed E-state index contributed by atoms with van der Waals surface area (Å²) in [5.74, 6) is -0.146. The highest BCUT2D eigenvalue weighted by Crippen LogP contribution is 2.40. The summed E-state index contributed by atoms with van der Waals surface area (Å²) in [6.45, 7) is 7.70. The number of nitrogens with zero attached hydrogens (tertiary/aromatic N) is 2. The Morgan fingerprint density at radius 3 is 2.33 bits per heavy atom. The zero-order valence-electron chi connectivity index (χ0n) is 26.5. The second-order valence-corrected chi connectivity index (χ2v) is 11.6. The summed E-state index contributed by atoms with van der Waals surface area (Å²) in [5, 5.41) is 8.98. The molecule has 0 radical (unpaired) electrons. The zero-order valence-corrected chi connectivity index (χ0v) is 26.5. The van der Waals surface area contributed by atoms with E-state index >= 15 is 0 Å². The molecule has 3 aromatic rings. The molecule has 0 spiro atoms. The van der Waals surface area contributed by atoms with Crippen molar-refractivity contribution in [2.45, 2.75) is 64.5 Å². The first-order valence-electron chi connectivity index (χ1n) is 15.3. The highest BCUT2D eigenvalue weighted by molar-refractivity contribution is 6.02. The van der Waals surface area contributed by atoms with Crippen LogP contribution in [0, 0.1) is 30.0 Å². The number of ketones is 1. The van der Waals surface area contributed by atoms with Crippen LogP contribution in [0.15, 0.2) is 90.7 Å². The van der Waals surface area contributed by atoms with Crippen LogP contribution in [0.3, 0.4) is 0 Å². The van der Waals surface area contributed by atoms with Gasteiger partial charge < -0.3 is 22.1 Å². The van der Waals surface area contributed by atoms with Gasteiger partial charge in [0.2, 0.25) is 5.91 Å². The lowest BCUT2D eigenvalue weighted by atomic mass is 9.79. The maximum atomic E-state index is 13.6. The molecule has 45 heavy (non-hydrogen) atoms. The van der Waals surface area contributed by atoms with Gasteiger partial charge in [-0.25, -0.2) is 4.39 Å². The predicted molar refractivity (Wildman–Crippen MR) is 178 cm³/mol. The van der Waals surface area contributed by atoms with Crippen molar-refractivity contribution in [3.63, 3.8) is 0 Å². The third-order valence-electron chi connectivity index (χ3n) is 8.13. The Labute approximate surface area is 266 Å². The Bertz CT molecular complexity index is 1590. The quantitative estimate of drug-likeness (QED) is 0.154. The van der Waals surface area contributed by atoms with E-state index in [9.17, 15) is 14.0 Å². The van der Waals surface area contributed by atoms with Crippen molar-refractivity contribution < 1.29 is 14.0 Å². The second kappa shape index (κ2) is 15.9. The Hall–Kier alpha value is -4.58. The van der Waals surface area contributed by atoms with Crippen LogP contribution in [-0.2, 0) is 21.7 Å². The number of carbonyl (C=O) groups is 2. The Kier molecular flexibility index (Phi) is 12.4. The SMILES string of the molecule is C=C(/C=C(/C(=O)CCC)N(C)c1cccc(CN)c1)C(N)=O.Cc1cc(C(N)(CCC2CC2)c2ccc(C#N)cc2)ccc1F. The molecule has 0 aromatic heterocycles. The van der Waals surface area contributed by atoms with Crippen molar-refractivity contribution >= 4 is 17.4 Å². The number of amides is 1. The molecule has 1 unspecified atom stereocenters. The fourth-order valence-electron chi connectivity index (χ4n) is 5.04. The van der Waals surface area contributed by atoms with E-state index in [0.717, 1.165) is 47.6 Å². The number of aryl methyl sites for hydroxylation is 1. The Morgan fingerprint density at radius 2 is 1.78 bits per heavy atom. The summed E-state index contributed by atoms with van der Waals surface area (Å²) >= 11 is 0. The molecule has 6 N–H and O–H groups in total. The average Bonchev–Trinajstić information content (AvgIpc) is 3.88. The molecule has 0 saturated heterocycles. The van der Waals surface area contributed by atoms with E-state index in [2.05, 4.69) is 12.6 Å². The molecule has 0 aliphatic heterocycles. The molecule has 1 aliphatic carbocycles. The van der Waals surface area contributed by atoms with Gasteiger partial charge in [0.05, 0.1) is 22.9 Å². The standard InChI is InChI=1S/C20H21FN2.C17H23N3O2/c1-14-12-18(8-9-19(14)21)20(23,11-10-15-2-3-15)17-6-4-16(13-22)5-7-17;1-4-6-16(21)15(9-12(2)17(19)22)20(3)14-8-5-7-13(10-14)11-18/h4-9,12,15H,2-3,10-11,23H2,1H3;5,7-10H,2,4,6,11,18H2,1,3H3,(H2,19,22)/b;15-9-. The number of nitriles is 1. The van der Waals surface area contributed by atoms with Crippen molar-refractivity contribution in [3.8, 4) is 6.07 Å². The van der Waals surface area contributed by atoms with Crippen molar-refractivity contribution in [1.82, 2.24) is 0 Å². The zero-order chi connectivity index (χ0) is 33.1. The fraction of sp³-hybridized carbons (Fsp3) is 0.324. The largest absolute Gasteiger partial charge is 0.366 e. The van der Waals surface area contributed by atoms with Crippen molar-refractivity contribution in [2.75, 3.05) is 11.9 Å². The normalized spacial score (nSPS) is 13.9. The first-order chi connectivity index (χ1) is 21.4. The predicted octanol–water partition coefficient (Wildman–Crippen LogP) is 6.27. The maximum Gasteiger partial charge on any atom is 0.248 e. The van der Waals surface area contributed by atoms with Crippen LogP contribution in [0.25, 0.3) is 0 Å². The lowest BCUT2D eigenvalue weighted by molar-refractivity contribution is -0.115. The minimum Gasteiger partial charge on any atom is -0.366 e. The summed E-state index contributed by atoms with van der Waals surface area (Å²) in [7, 11) is 1.77. The molecule has 0 bridgehead atoms. The summed E-state index contributed by atoms with van der Waals surface area (Å²) in [4.78, 5) is 25.3. The third-order valence-corrected chi connectivity index (χ3v) is 8.13. The van der Waals surface area contributed by atoms with E-state index in [0.29, 0.717) is 29.8 Å². The van der Waals surface area contributed by atoms with Gasteiger partial charge in [0.1, 0.15) is 5.82 Å². The Balaban J connectivity index is 0.000000246. The molecule has 1 aliphatic rings. The van der Waals surface area contributed by atoms with Gasteiger partial charge in [-0.05, 0) is 90.8 Å². The van der Waals surface area contributed by atoms with Gasteiger partial charge in [-0.15, -0.1) is 0 Å². The number of halogens is 1. The number of likely N-dealkylation sites (N-methyl/N-ethyl adjacent to an activating group) is 1. The number of hydrogen-bond donors (Lipinski definition) is 3. The molecule has 236 valence electrons. The fourth-order valence-corrected chi connectivity index (χ4v) is 5.04. The van der Waals surface area contributed by atoms with E-state index in [4.69, 9.17) is 22.5 Å². The summed E-state index contributed by atoms with van der Waals surface area (Å²) in [6.07, 6.45) is 7.02. The summed E-state index contributed by atoms with van der Waals surface area (Å²) < 4.78 is 13.6. The molecule has 1 fully saturated rings. The molecule has 4 rings (SSSR count). The second-order valence-electron chi connectivity index (χ2n) is 11.6. The molecule has 1 amide bonds. The molecule has 1 atom stereocenters. The van der Waals surface area contributed by atoms with Gasteiger partial charge in [-0.2, -0.15) is 5.26 Å². The molecule has 3 aromatic carbocycles. The van der Waals surface area contributed by atoms with Crippen LogP contribution >= 0.6 is 0 Å². The van der Waals surface area contributed by atoms with Gasteiger partial charge in [0.25, 0.3) is 0 Å². The van der Waals surface area contributed by atoms with Gasteiger partial charge in [-0.1, -0.05) is 62.7 Å². The average molecular weight is 610 g/mol. The number of rotatable bonds is 13. The molecule has 0 heterocycles. The lowest BCUT2D eigenvalue weighted by Crippen LogP contribution is -2.38. The van der Waals surface area contributed by atoms with E-state index in [1.54, 1.807) is 37.1 Å². The minimum atomic E-state index is -0.647. The number of carbonyl (C=O) groups excluding carboxylic acids is 2. The van der Waals surface area contributed by atoms with E-state index in [-0.39, 0.29) is 17.2 Å². The van der Waals surface area contributed by atoms with Crippen molar-refractivity contribution in [1.29, 1.82) is 5.26 Å². The minimum absolute atomic E-state index is 0.0643. The van der Waals surface area contributed by atoms with Crippen LogP contribution in [0.4, 0.5) is 10.1 Å². The number of Topliss-reactive ketones (excluding diaryl/α,β-unsaturated/α-hetero) is 1. The van der Waals surface area contributed by atoms with E-state index in [1.807, 2.05) is 49.4 Å². The molecular weight excluding hydrogens is 565 g/mol. The number of nitrogens with two attached hydrogens (primary N) is 3. The number of benzene rings is 3. The topological polar surface area (TPSA) is 139 Å². The molecule has 8 heteroatoms. The van der Waals surface area contributed by atoms with Gasteiger partial charge in [0, 0.05) is 31.3 Å².